The minimum absolute atomic E-state index is 0.923. The van der Waals surface area contributed by atoms with Crippen LogP contribution in [0.4, 0.5) is 0 Å². The predicted molar refractivity (Wildman–Crippen MR) is 59.3 cm³/mol. The van der Waals surface area contributed by atoms with Crippen molar-refractivity contribution in [3.05, 3.63) is 30.1 Å². The largest absolute Gasteiger partial charge is 0.305 e. The number of hydrogen-bond donors (Lipinski definition) is 1. The Morgan fingerprint density at radius 2 is 2.00 bits per heavy atom. The molecule has 0 saturated heterocycles. The van der Waals surface area contributed by atoms with Crippen LogP contribution in [0.15, 0.2) is 24.5 Å². The summed E-state index contributed by atoms with van der Waals surface area (Å²) in [6, 6.07) is 4.13. The zero-order valence-electron chi connectivity index (χ0n) is 7.98. The third kappa shape index (κ3) is 4.29. The van der Waals surface area contributed by atoms with E-state index >= 15 is 0 Å². The van der Waals surface area contributed by atoms with Gasteiger partial charge in [-0.3, -0.25) is 4.98 Å². The van der Waals surface area contributed by atoms with E-state index in [1.165, 1.54) is 5.56 Å². The molecule has 13 heavy (non-hydrogen) atoms. The molecule has 0 unspecified atom stereocenters. The van der Waals surface area contributed by atoms with Crippen molar-refractivity contribution < 1.29 is 0 Å². The molecule has 0 atom stereocenters. The highest BCUT2D eigenvalue weighted by Crippen LogP contribution is 1.98. The van der Waals surface area contributed by atoms with Gasteiger partial charge in [-0.05, 0) is 31.2 Å². The summed E-state index contributed by atoms with van der Waals surface area (Å²) in [7, 11) is 2.12. The third-order valence-corrected chi connectivity index (χ3v) is 2.21. The molecule has 0 aromatic carbocycles. The van der Waals surface area contributed by atoms with E-state index in [0.717, 1.165) is 25.3 Å². The predicted octanol–water partition coefficient (Wildman–Crippen LogP) is 1.49. The van der Waals surface area contributed by atoms with E-state index < -0.39 is 0 Å². The Hall–Kier alpha value is -0.540. The molecule has 0 spiro atoms. The van der Waals surface area contributed by atoms with E-state index in [1.54, 1.807) is 0 Å². The summed E-state index contributed by atoms with van der Waals surface area (Å²) in [4.78, 5) is 6.27. The highest BCUT2D eigenvalue weighted by Gasteiger charge is 1.97. The van der Waals surface area contributed by atoms with E-state index in [9.17, 15) is 0 Å². The number of likely N-dealkylation sites (N-methyl/N-ethyl adjacent to an activating group) is 1. The fourth-order valence-corrected chi connectivity index (χ4v) is 1.49. The minimum atomic E-state index is 0.923. The number of pyridine rings is 1. The lowest BCUT2D eigenvalue weighted by molar-refractivity contribution is 0.361. The first-order valence-electron chi connectivity index (χ1n) is 4.51. The second-order valence-corrected chi connectivity index (χ2v) is 3.58. The Bertz CT molecular complexity index is 226. The molecule has 72 valence electrons. The number of aromatic nitrogens is 1. The SMILES string of the molecule is CN(CCS)CCc1ccncc1. The maximum atomic E-state index is 4.19. The molecule has 0 aliphatic rings. The van der Waals surface area contributed by atoms with Gasteiger partial charge in [-0.15, -0.1) is 0 Å². The summed E-state index contributed by atoms with van der Waals surface area (Å²) in [6.45, 7) is 2.14. The first-order valence-corrected chi connectivity index (χ1v) is 5.14. The van der Waals surface area contributed by atoms with Crippen molar-refractivity contribution in [2.45, 2.75) is 6.42 Å². The van der Waals surface area contributed by atoms with Crippen molar-refractivity contribution >= 4 is 12.6 Å². The molecule has 0 radical (unpaired) electrons. The average molecular weight is 196 g/mol. The molecule has 0 bridgehead atoms. The Kier molecular flexibility index (Phi) is 4.86. The van der Waals surface area contributed by atoms with Crippen LogP contribution in [0.5, 0.6) is 0 Å². The van der Waals surface area contributed by atoms with Gasteiger partial charge in [-0.2, -0.15) is 12.6 Å². The van der Waals surface area contributed by atoms with Crippen LogP contribution in [0.25, 0.3) is 0 Å². The van der Waals surface area contributed by atoms with Crippen molar-refractivity contribution in [1.29, 1.82) is 0 Å². The van der Waals surface area contributed by atoms with Gasteiger partial charge in [-0.25, -0.2) is 0 Å². The lowest BCUT2D eigenvalue weighted by Gasteiger charge is -2.14. The lowest BCUT2D eigenvalue weighted by atomic mass is 10.2. The average Bonchev–Trinajstić information content (AvgIpc) is 2.17. The van der Waals surface area contributed by atoms with Crippen molar-refractivity contribution in [2.24, 2.45) is 0 Å². The zero-order valence-corrected chi connectivity index (χ0v) is 8.87. The van der Waals surface area contributed by atoms with Crippen LogP contribution in [0.2, 0.25) is 0 Å². The molecule has 2 nitrogen and oxygen atoms in total. The van der Waals surface area contributed by atoms with E-state index in [4.69, 9.17) is 0 Å². The molecule has 1 aromatic rings. The van der Waals surface area contributed by atoms with Crippen LogP contribution in [0.1, 0.15) is 5.56 Å². The molecule has 1 rings (SSSR count). The maximum Gasteiger partial charge on any atom is 0.0270 e. The summed E-state index contributed by atoms with van der Waals surface area (Å²) >= 11 is 4.19. The Morgan fingerprint density at radius 1 is 1.31 bits per heavy atom. The highest BCUT2D eigenvalue weighted by atomic mass is 32.1. The van der Waals surface area contributed by atoms with Crippen LogP contribution in [0, 0.1) is 0 Å². The van der Waals surface area contributed by atoms with Gasteiger partial charge in [-0.1, -0.05) is 0 Å². The topological polar surface area (TPSA) is 16.1 Å². The summed E-state index contributed by atoms with van der Waals surface area (Å²) in [6.07, 6.45) is 4.77. The Labute approximate surface area is 85.4 Å². The Morgan fingerprint density at radius 3 is 2.62 bits per heavy atom. The van der Waals surface area contributed by atoms with Crippen LogP contribution in [0.3, 0.4) is 0 Å². The Balaban J connectivity index is 2.27. The molecule has 0 fully saturated rings. The lowest BCUT2D eigenvalue weighted by Crippen LogP contribution is -2.23. The molecule has 0 amide bonds. The normalized spacial score (nSPS) is 10.7. The van der Waals surface area contributed by atoms with Crippen molar-refractivity contribution in [3.63, 3.8) is 0 Å². The van der Waals surface area contributed by atoms with E-state index in [2.05, 4.69) is 41.7 Å². The quantitative estimate of drug-likeness (QED) is 0.718. The number of nitrogens with zero attached hydrogens (tertiary/aromatic N) is 2. The van der Waals surface area contributed by atoms with Crippen LogP contribution in [-0.4, -0.2) is 35.8 Å². The summed E-state index contributed by atoms with van der Waals surface area (Å²) in [5.74, 6) is 0.923. The van der Waals surface area contributed by atoms with Crippen LogP contribution in [-0.2, 0) is 6.42 Å². The van der Waals surface area contributed by atoms with E-state index in [-0.39, 0.29) is 0 Å². The van der Waals surface area contributed by atoms with Gasteiger partial charge in [0.25, 0.3) is 0 Å². The van der Waals surface area contributed by atoms with E-state index in [1.807, 2.05) is 12.4 Å². The number of hydrogen-bond acceptors (Lipinski definition) is 3. The standard InChI is InChI=1S/C10H16N2S/c1-12(8-9-13)7-4-10-2-5-11-6-3-10/h2-3,5-6,13H,4,7-9H2,1H3. The summed E-state index contributed by atoms with van der Waals surface area (Å²) in [5.41, 5.74) is 1.35. The third-order valence-electron chi connectivity index (χ3n) is 2.01. The van der Waals surface area contributed by atoms with Gasteiger partial charge in [0.15, 0.2) is 0 Å². The van der Waals surface area contributed by atoms with Gasteiger partial charge in [0.2, 0.25) is 0 Å². The molecular formula is C10H16N2S. The van der Waals surface area contributed by atoms with Crippen molar-refractivity contribution in [2.75, 3.05) is 25.9 Å². The highest BCUT2D eigenvalue weighted by molar-refractivity contribution is 7.80. The first-order chi connectivity index (χ1) is 6.33. The van der Waals surface area contributed by atoms with Gasteiger partial charge < -0.3 is 4.90 Å². The molecular weight excluding hydrogens is 180 g/mol. The molecule has 0 aliphatic carbocycles. The summed E-state index contributed by atoms with van der Waals surface area (Å²) in [5, 5.41) is 0. The zero-order chi connectivity index (χ0) is 9.52. The summed E-state index contributed by atoms with van der Waals surface area (Å²) < 4.78 is 0. The fraction of sp³-hybridized carbons (Fsp3) is 0.500. The van der Waals surface area contributed by atoms with Crippen molar-refractivity contribution in [3.8, 4) is 0 Å². The van der Waals surface area contributed by atoms with E-state index in [0.29, 0.717) is 0 Å². The van der Waals surface area contributed by atoms with Crippen LogP contribution < -0.4 is 0 Å². The molecule has 0 aliphatic heterocycles. The monoisotopic (exact) mass is 196 g/mol. The van der Waals surface area contributed by atoms with Crippen LogP contribution >= 0.6 is 12.6 Å². The smallest absolute Gasteiger partial charge is 0.0270 e. The van der Waals surface area contributed by atoms with Gasteiger partial charge in [0.1, 0.15) is 0 Å². The molecule has 3 heteroatoms. The second kappa shape index (κ2) is 6.00. The minimum Gasteiger partial charge on any atom is -0.305 e. The maximum absolute atomic E-state index is 4.19. The van der Waals surface area contributed by atoms with Gasteiger partial charge in [0.05, 0.1) is 0 Å². The molecule has 1 aromatic heterocycles. The van der Waals surface area contributed by atoms with Gasteiger partial charge >= 0.3 is 0 Å². The molecule has 1 heterocycles. The molecule has 0 saturated carbocycles. The first kappa shape index (κ1) is 10.5. The molecule has 0 N–H and O–H groups in total. The fourth-order valence-electron chi connectivity index (χ4n) is 1.15. The van der Waals surface area contributed by atoms with Crippen molar-refractivity contribution in [1.82, 2.24) is 9.88 Å². The number of thiol groups is 1. The van der Waals surface area contributed by atoms with Gasteiger partial charge in [0, 0.05) is 31.2 Å². The second-order valence-electron chi connectivity index (χ2n) is 3.13. The number of rotatable bonds is 5.